The molecule has 0 aliphatic carbocycles. The van der Waals surface area contributed by atoms with E-state index in [9.17, 15) is 19.2 Å². The second-order valence-electron chi connectivity index (χ2n) is 17.0. The molecule has 16 nitrogen and oxygen atoms in total. The average Bonchev–Trinajstić information content (AvgIpc) is 3.73. The van der Waals surface area contributed by atoms with Crippen molar-refractivity contribution < 1.29 is 23.9 Å². The smallest absolute Gasteiger partial charge is 0.261 e. The van der Waals surface area contributed by atoms with Crippen molar-refractivity contribution >= 4 is 46.7 Å². The number of carbonyl (C=O) groups is 4. The molecule has 2 aromatic heterocycles. The molecule has 4 amide bonds. The number of carbonyl (C=O) groups excluding carboxylic acids is 4. The van der Waals surface area contributed by atoms with Crippen molar-refractivity contribution in [3.63, 3.8) is 0 Å². The summed E-state index contributed by atoms with van der Waals surface area (Å²) in [7, 11) is 0. The summed E-state index contributed by atoms with van der Waals surface area (Å²) < 4.78 is 8.09. The van der Waals surface area contributed by atoms with Gasteiger partial charge >= 0.3 is 0 Å². The summed E-state index contributed by atoms with van der Waals surface area (Å²) in [5.74, 6) is 0.857. The molecule has 16 heteroatoms. The minimum absolute atomic E-state index is 0.0490. The summed E-state index contributed by atoms with van der Waals surface area (Å²) in [6.07, 6.45) is 4.18. The van der Waals surface area contributed by atoms with E-state index in [1.54, 1.807) is 13.0 Å². The van der Waals surface area contributed by atoms with Crippen molar-refractivity contribution in [2.45, 2.75) is 62.8 Å². The molecule has 0 saturated carbocycles. The molecule has 1 unspecified atom stereocenters. The second kappa shape index (κ2) is 16.0. The molecule has 4 saturated heterocycles. The van der Waals surface area contributed by atoms with Gasteiger partial charge in [-0.15, -0.1) is 0 Å². The highest BCUT2D eigenvalue weighted by Crippen LogP contribution is 2.38. The molecule has 5 aliphatic rings. The summed E-state index contributed by atoms with van der Waals surface area (Å²) in [5, 5.41) is 8.01. The van der Waals surface area contributed by atoms with E-state index in [0.29, 0.717) is 41.5 Å². The number of ether oxygens (including phenoxy) is 1. The lowest BCUT2D eigenvalue weighted by atomic mass is 9.93. The van der Waals surface area contributed by atoms with E-state index in [1.165, 1.54) is 11.2 Å². The Hall–Kier alpha value is -6.23. The third kappa shape index (κ3) is 7.27. The molecular weight excluding hydrogens is 775 g/mol. The van der Waals surface area contributed by atoms with Gasteiger partial charge in [-0.2, -0.15) is 5.10 Å². The SMILES string of the molecule is CC(CCC(=O)NC=O)N1C(=O)c2ccc(N3CC(N4CC(N5CC(N6CCC(n7nc(-c8ccc(Oc9ccccc9)cc8)c8c(N)ncnc87)CC6)C5)C4)C3)cc2C1=O. The molecule has 5 aliphatic heterocycles. The molecule has 0 spiro atoms. The van der Waals surface area contributed by atoms with Gasteiger partial charge in [0.05, 0.1) is 22.6 Å². The van der Waals surface area contributed by atoms with Crippen LogP contribution in [0.1, 0.15) is 59.4 Å². The topological polar surface area (TPSA) is 175 Å². The van der Waals surface area contributed by atoms with Crippen LogP contribution in [0.2, 0.25) is 0 Å². The number of aromatic nitrogens is 4. The monoisotopic (exact) mass is 823 g/mol. The van der Waals surface area contributed by atoms with Crippen LogP contribution in [0.4, 0.5) is 11.5 Å². The number of para-hydroxylation sites is 1. The maximum atomic E-state index is 13.3. The number of hydrogen-bond donors (Lipinski definition) is 2. The Labute approximate surface area is 353 Å². The molecule has 0 radical (unpaired) electrons. The Bertz CT molecular complexity index is 2470. The van der Waals surface area contributed by atoms with E-state index >= 15 is 0 Å². The van der Waals surface area contributed by atoms with Crippen molar-refractivity contribution in [1.29, 1.82) is 0 Å². The van der Waals surface area contributed by atoms with Gasteiger partial charge in [-0.05, 0) is 80.8 Å². The van der Waals surface area contributed by atoms with Crippen molar-refractivity contribution in [3.05, 3.63) is 90.3 Å². The number of hydrogen-bond acceptors (Lipinski definition) is 13. The van der Waals surface area contributed by atoms with Gasteiger partial charge < -0.3 is 15.4 Å². The van der Waals surface area contributed by atoms with Crippen molar-refractivity contribution in [2.24, 2.45) is 0 Å². The Kier molecular flexibility index (Phi) is 10.2. The predicted octanol–water partition coefficient (Wildman–Crippen LogP) is 3.80. The number of likely N-dealkylation sites (tertiary alicyclic amines) is 3. The minimum atomic E-state index is -0.466. The van der Waals surface area contributed by atoms with E-state index in [0.717, 1.165) is 105 Å². The quantitative estimate of drug-likeness (QED) is 0.130. The Balaban J connectivity index is 0.683. The molecule has 0 bridgehead atoms. The standard InChI is InChI=1S/C45H49N11O5/c1-28(7-14-39(58)49-27-57)55-44(59)37-13-10-31(19-38(37)45(55)60)52-22-33(23-52)54-24-34(25-54)53-20-32(21-53)51-17-15-30(16-18-51)56-43-40(42(46)47-26-48-43)41(50-56)29-8-11-36(12-9-29)61-35-5-3-2-4-6-35/h2-6,8-13,19,26-28,30,32-34H,7,14-18,20-25H2,1H3,(H2,46,47,48)(H,49,57,58). The number of piperidine rings is 1. The van der Waals surface area contributed by atoms with E-state index in [4.69, 9.17) is 15.6 Å². The van der Waals surface area contributed by atoms with E-state index in [1.807, 2.05) is 66.7 Å². The van der Waals surface area contributed by atoms with Crippen molar-refractivity contribution in [1.82, 2.24) is 44.7 Å². The molecule has 7 heterocycles. The molecule has 61 heavy (non-hydrogen) atoms. The predicted molar refractivity (Wildman–Crippen MR) is 228 cm³/mol. The zero-order valence-electron chi connectivity index (χ0n) is 34.1. The van der Waals surface area contributed by atoms with Crippen molar-refractivity contribution in [3.8, 4) is 22.8 Å². The van der Waals surface area contributed by atoms with E-state index in [2.05, 4.69) is 39.6 Å². The summed E-state index contributed by atoms with van der Waals surface area (Å²) in [6.45, 7) is 9.91. The lowest BCUT2D eigenvalue weighted by molar-refractivity contribution is -0.125. The second-order valence-corrected chi connectivity index (χ2v) is 17.0. The number of nitrogens with zero attached hydrogens (tertiary/aromatic N) is 9. The van der Waals surface area contributed by atoms with Crippen LogP contribution in [-0.2, 0) is 9.59 Å². The van der Waals surface area contributed by atoms with Crippen LogP contribution in [0.5, 0.6) is 11.5 Å². The average molecular weight is 824 g/mol. The van der Waals surface area contributed by atoms with E-state index in [-0.39, 0.29) is 30.7 Å². The highest BCUT2D eigenvalue weighted by Gasteiger charge is 2.46. The van der Waals surface area contributed by atoms with Gasteiger partial charge in [0.15, 0.2) is 5.65 Å². The fourth-order valence-electron chi connectivity index (χ4n) is 9.64. The first-order valence-corrected chi connectivity index (χ1v) is 21.3. The largest absolute Gasteiger partial charge is 0.457 e. The Morgan fingerprint density at radius 3 is 2.18 bits per heavy atom. The van der Waals surface area contributed by atoms with Crippen LogP contribution in [0.3, 0.4) is 0 Å². The van der Waals surface area contributed by atoms with Gasteiger partial charge in [-0.25, -0.2) is 14.6 Å². The van der Waals surface area contributed by atoms with Gasteiger partial charge in [-0.1, -0.05) is 18.2 Å². The van der Waals surface area contributed by atoms with Gasteiger partial charge in [0.1, 0.15) is 29.3 Å². The zero-order valence-corrected chi connectivity index (χ0v) is 34.1. The number of nitrogen functional groups attached to an aromatic ring is 1. The van der Waals surface area contributed by atoms with Gasteiger partial charge in [0.2, 0.25) is 12.3 Å². The first-order valence-electron chi connectivity index (χ1n) is 21.3. The number of fused-ring (bicyclic) bond motifs is 2. The van der Waals surface area contributed by atoms with Crippen LogP contribution in [0.25, 0.3) is 22.3 Å². The molecule has 5 aromatic rings. The minimum Gasteiger partial charge on any atom is -0.457 e. The zero-order chi connectivity index (χ0) is 41.8. The maximum absolute atomic E-state index is 13.3. The highest BCUT2D eigenvalue weighted by molar-refractivity contribution is 6.22. The number of benzene rings is 3. The van der Waals surface area contributed by atoms with Crippen LogP contribution in [-0.4, -0.2) is 140 Å². The summed E-state index contributed by atoms with van der Waals surface area (Å²) in [4.78, 5) is 69.0. The number of nitrogens with one attached hydrogen (secondary N) is 1. The summed E-state index contributed by atoms with van der Waals surface area (Å²) in [6, 6.07) is 24.5. The number of anilines is 2. The molecule has 4 fully saturated rings. The normalized spacial score (nSPS) is 20.0. The van der Waals surface area contributed by atoms with Gasteiger partial charge in [-0.3, -0.25) is 44.1 Å². The summed E-state index contributed by atoms with van der Waals surface area (Å²) in [5.41, 5.74) is 10.7. The van der Waals surface area contributed by atoms with Crippen LogP contribution < -0.4 is 20.7 Å². The molecule has 314 valence electrons. The lowest BCUT2D eigenvalue weighted by Gasteiger charge is -2.58. The summed E-state index contributed by atoms with van der Waals surface area (Å²) >= 11 is 0. The molecule has 10 rings (SSSR count). The third-order valence-electron chi connectivity index (χ3n) is 13.4. The Morgan fingerprint density at radius 2 is 1.48 bits per heavy atom. The first kappa shape index (κ1) is 38.9. The molecule has 3 N–H and O–H groups in total. The lowest BCUT2D eigenvalue weighted by Crippen LogP contribution is -2.74. The number of imide groups is 2. The fourth-order valence-corrected chi connectivity index (χ4v) is 9.64. The van der Waals surface area contributed by atoms with Gasteiger partial charge in [0.25, 0.3) is 11.8 Å². The highest BCUT2D eigenvalue weighted by atomic mass is 16.5. The van der Waals surface area contributed by atoms with Crippen LogP contribution >= 0.6 is 0 Å². The Morgan fingerprint density at radius 1 is 0.820 bits per heavy atom. The molecular formula is C45H49N11O5. The first-order chi connectivity index (χ1) is 29.7. The van der Waals surface area contributed by atoms with Gasteiger partial charge in [0, 0.05) is 94.2 Å². The van der Waals surface area contributed by atoms with Crippen LogP contribution in [0.15, 0.2) is 79.1 Å². The van der Waals surface area contributed by atoms with E-state index < -0.39 is 11.9 Å². The number of nitrogens with two attached hydrogens (primary N) is 1. The fraction of sp³-hybridized carbons (Fsp3) is 0.400. The number of amides is 4. The molecule has 1 atom stereocenters. The maximum Gasteiger partial charge on any atom is 0.261 e. The molecule has 3 aromatic carbocycles. The van der Waals surface area contributed by atoms with Crippen molar-refractivity contribution in [2.75, 3.05) is 63.0 Å². The number of rotatable bonds is 13. The van der Waals surface area contributed by atoms with Crippen LogP contribution in [0, 0.1) is 0 Å². The third-order valence-corrected chi connectivity index (χ3v) is 13.4.